The van der Waals surface area contributed by atoms with Crippen molar-refractivity contribution in [1.29, 1.82) is 0 Å². The van der Waals surface area contributed by atoms with Gasteiger partial charge in [0.2, 0.25) is 5.95 Å². The van der Waals surface area contributed by atoms with Crippen molar-refractivity contribution in [3.8, 4) is 5.75 Å². The molecule has 5 nitrogen and oxygen atoms in total. The van der Waals surface area contributed by atoms with Crippen LogP contribution in [-0.4, -0.2) is 15.1 Å². The SMILES string of the molecule is CC(Nc1ccnc(Nc2cccc(O)c2)n1)c1ccc(F)cc1. The lowest BCUT2D eigenvalue weighted by atomic mass is 10.1. The minimum absolute atomic E-state index is 0.0332. The molecule has 0 radical (unpaired) electrons. The zero-order valence-corrected chi connectivity index (χ0v) is 13.1. The van der Waals surface area contributed by atoms with Crippen LogP contribution >= 0.6 is 0 Å². The molecule has 0 saturated heterocycles. The highest BCUT2D eigenvalue weighted by atomic mass is 19.1. The smallest absolute Gasteiger partial charge is 0.229 e. The van der Waals surface area contributed by atoms with Crippen LogP contribution in [0, 0.1) is 5.82 Å². The summed E-state index contributed by atoms with van der Waals surface area (Å²) in [7, 11) is 0. The van der Waals surface area contributed by atoms with Gasteiger partial charge in [-0.3, -0.25) is 0 Å². The maximum absolute atomic E-state index is 13.0. The van der Waals surface area contributed by atoms with Gasteiger partial charge in [0.25, 0.3) is 0 Å². The fourth-order valence-corrected chi connectivity index (χ4v) is 2.27. The predicted octanol–water partition coefficient (Wildman–Crippen LogP) is 4.24. The molecule has 2 aromatic carbocycles. The van der Waals surface area contributed by atoms with Gasteiger partial charge in [0, 0.05) is 24.0 Å². The molecular formula is C18H17FN4O. The number of phenols is 1. The van der Waals surface area contributed by atoms with Crippen molar-refractivity contribution in [1.82, 2.24) is 9.97 Å². The molecule has 3 N–H and O–H groups in total. The average molecular weight is 324 g/mol. The summed E-state index contributed by atoms with van der Waals surface area (Å²) in [5.41, 5.74) is 1.65. The zero-order chi connectivity index (χ0) is 16.9. The van der Waals surface area contributed by atoms with Gasteiger partial charge in [-0.05, 0) is 42.8 Å². The minimum atomic E-state index is -0.259. The minimum Gasteiger partial charge on any atom is -0.508 e. The summed E-state index contributed by atoms with van der Waals surface area (Å²) in [6.07, 6.45) is 1.64. The molecule has 0 amide bonds. The molecule has 1 unspecified atom stereocenters. The monoisotopic (exact) mass is 324 g/mol. The maximum atomic E-state index is 13.0. The molecule has 0 bridgehead atoms. The lowest BCUT2D eigenvalue weighted by Crippen LogP contribution is -2.09. The first-order valence-electron chi connectivity index (χ1n) is 7.51. The van der Waals surface area contributed by atoms with Crippen LogP contribution in [0.3, 0.4) is 0 Å². The van der Waals surface area contributed by atoms with E-state index in [1.54, 1.807) is 42.6 Å². The van der Waals surface area contributed by atoms with Gasteiger partial charge in [0.15, 0.2) is 0 Å². The van der Waals surface area contributed by atoms with Gasteiger partial charge in [-0.1, -0.05) is 18.2 Å². The second kappa shape index (κ2) is 6.95. The summed E-state index contributed by atoms with van der Waals surface area (Å²) in [5, 5.41) is 15.8. The zero-order valence-electron chi connectivity index (χ0n) is 13.1. The molecule has 6 heteroatoms. The molecule has 0 saturated carbocycles. The molecular weight excluding hydrogens is 307 g/mol. The number of benzene rings is 2. The Balaban J connectivity index is 1.72. The maximum Gasteiger partial charge on any atom is 0.229 e. The second-order valence-electron chi connectivity index (χ2n) is 5.36. The number of hydrogen-bond donors (Lipinski definition) is 3. The third-order valence-electron chi connectivity index (χ3n) is 3.49. The van der Waals surface area contributed by atoms with E-state index in [1.165, 1.54) is 12.1 Å². The third kappa shape index (κ3) is 3.98. The molecule has 0 spiro atoms. The third-order valence-corrected chi connectivity index (χ3v) is 3.49. The molecule has 0 aliphatic heterocycles. The van der Waals surface area contributed by atoms with Crippen LogP contribution in [0.5, 0.6) is 5.75 Å². The van der Waals surface area contributed by atoms with Crippen molar-refractivity contribution in [3.05, 3.63) is 72.2 Å². The molecule has 1 aromatic heterocycles. The van der Waals surface area contributed by atoms with E-state index in [4.69, 9.17) is 0 Å². The molecule has 122 valence electrons. The van der Waals surface area contributed by atoms with Crippen molar-refractivity contribution >= 4 is 17.5 Å². The van der Waals surface area contributed by atoms with Crippen molar-refractivity contribution in [2.75, 3.05) is 10.6 Å². The predicted molar refractivity (Wildman–Crippen MR) is 91.9 cm³/mol. The normalized spacial score (nSPS) is 11.8. The van der Waals surface area contributed by atoms with E-state index in [1.807, 2.05) is 13.0 Å². The molecule has 0 fully saturated rings. The largest absolute Gasteiger partial charge is 0.508 e. The van der Waals surface area contributed by atoms with E-state index >= 15 is 0 Å². The van der Waals surface area contributed by atoms with Crippen molar-refractivity contribution in [2.45, 2.75) is 13.0 Å². The number of halogens is 1. The van der Waals surface area contributed by atoms with E-state index in [9.17, 15) is 9.50 Å². The number of nitrogens with one attached hydrogen (secondary N) is 2. The molecule has 24 heavy (non-hydrogen) atoms. The van der Waals surface area contributed by atoms with Crippen LogP contribution in [0.1, 0.15) is 18.5 Å². The van der Waals surface area contributed by atoms with Crippen LogP contribution in [0.25, 0.3) is 0 Å². The number of rotatable bonds is 5. The number of nitrogens with zero attached hydrogens (tertiary/aromatic N) is 2. The molecule has 3 rings (SSSR count). The fourth-order valence-electron chi connectivity index (χ4n) is 2.27. The lowest BCUT2D eigenvalue weighted by Gasteiger charge is -2.15. The van der Waals surface area contributed by atoms with Gasteiger partial charge in [0.05, 0.1) is 0 Å². The van der Waals surface area contributed by atoms with E-state index in [-0.39, 0.29) is 17.6 Å². The molecule has 1 atom stereocenters. The van der Waals surface area contributed by atoms with E-state index in [0.29, 0.717) is 17.5 Å². The van der Waals surface area contributed by atoms with Crippen LogP contribution in [-0.2, 0) is 0 Å². The number of anilines is 3. The van der Waals surface area contributed by atoms with Crippen LogP contribution < -0.4 is 10.6 Å². The Morgan fingerprint density at radius 2 is 1.88 bits per heavy atom. The van der Waals surface area contributed by atoms with E-state index in [0.717, 1.165) is 5.56 Å². The summed E-state index contributed by atoms with van der Waals surface area (Å²) >= 11 is 0. The molecule has 0 aliphatic carbocycles. The van der Waals surface area contributed by atoms with Crippen LogP contribution in [0.4, 0.5) is 21.8 Å². The summed E-state index contributed by atoms with van der Waals surface area (Å²) in [6.45, 7) is 1.97. The Morgan fingerprint density at radius 3 is 2.62 bits per heavy atom. The molecule has 0 aliphatic rings. The van der Waals surface area contributed by atoms with Gasteiger partial charge in [-0.25, -0.2) is 9.37 Å². The van der Waals surface area contributed by atoms with Gasteiger partial charge < -0.3 is 15.7 Å². The summed E-state index contributed by atoms with van der Waals surface area (Å²) in [5.74, 6) is 0.964. The first-order valence-corrected chi connectivity index (χ1v) is 7.51. The first-order chi connectivity index (χ1) is 11.6. The quantitative estimate of drug-likeness (QED) is 0.655. The average Bonchev–Trinajstić information content (AvgIpc) is 2.56. The Bertz CT molecular complexity index is 823. The van der Waals surface area contributed by atoms with Crippen LogP contribution in [0.15, 0.2) is 60.8 Å². The summed E-state index contributed by atoms with van der Waals surface area (Å²) < 4.78 is 13.0. The van der Waals surface area contributed by atoms with Crippen LogP contribution in [0.2, 0.25) is 0 Å². The molecule has 1 heterocycles. The van der Waals surface area contributed by atoms with E-state index < -0.39 is 0 Å². The van der Waals surface area contributed by atoms with Gasteiger partial charge in [-0.15, -0.1) is 0 Å². The standard InChI is InChI=1S/C18H17FN4O/c1-12(13-5-7-14(19)8-6-13)21-17-9-10-20-18(23-17)22-15-3-2-4-16(24)11-15/h2-12,24H,1H3,(H2,20,21,22,23). The van der Waals surface area contributed by atoms with Crippen molar-refractivity contribution in [3.63, 3.8) is 0 Å². The highest BCUT2D eigenvalue weighted by Crippen LogP contribution is 2.21. The topological polar surface area (TPSA) is 70.1 Å². The van der Waals surface area contributed by atoms with Gasteiger partial charge >= 0.3 is 0 Å². The van der Waals surface area contributed by atoms with Crippen molar-refractivity contribution in [2.24, 2.45) is 0 Å². The Hall–Kier alpha value is -3.15. The van der Waals surface area contributed by atoms with Gasteiger partial charge in [-0.2, -0.15) is 4.98 Å². The number of phenolic OH excluding ortho intramolecular Hbond substituents is 1. The highest BCUT2D eigenvalue weighted by Gasteiger charge is 2.07. The summed E-state index contributed by atoms with van der Waals surface area (Å²) in [6, 6.07) is 14.8. The highest BCUT2D eigenvalue weighted by molar-refractivity contribution is 5.56. The van der Waals surface area contributed by atoms with Crippen molar-refractivity contribution < 1.29 is 9.50 Å². The summed E-state index contributed by atoms with van der Waals surface area (Å²) in [4.78, 5) is 8.55. The first kappa shape index (κ1) is 15.7. The lowest BCUT2D eigenvalue weighted by molar-refractivity contribution is 0.475. The number of aromatic hydroxyl groups is 1. The fraction of sp³-hybridized carbons (Fsp3) is 0.111. The Morgan fingerprint density at radius 1 is 1.08 bits per heavy atom. The Kier molecular flexibility index (Phi) is 4.56. The second-order valence-corrected chi connectivity index (χ2v) is 5.36. The molecule has 3 aromatic rings. The van der Waals surface area contributed by atoms with Gasteiger partial charge in [0.1, 0.15) is 17.4 Å². The Labute approximate surface area is 139 Å². The number of aromatic nitrogens is 2. The van der Waals surface area contributed by atoms with E-state index in [2.05, 4.69) is 20.6 Å². The number of hydrogen-bond acceptors (Lipinski definition) is 5.